The first-order chi connectivity index (χ1) is 18.7. The van der Waals surface area contributed by atoms with Crippen LogP contribution in [0, 0.1) is 11.6 Å². The highest BCUT2D eigenvalue weighted by molar-refractivity contribution is 5.59. The van der Waals surface area contributed by atoms with Gasteiger partial charge in [-0.25, -0.2) is 18.8 Å². The van der Waals surface area contributed by atoms with Crippen molar-refractivity contribution in [1.29, 1.82) is 0 Å². The molecule has 0 aliphatic carbocycles. The van der Waals surface area contributed by atoms with Crippen molar-refractivity contribution in [2.75, 3.05) is 43.2 Å². The number of ether oxygens (including phenoxy) is 1. The summed E-state index contributed by atoms with van der Waals surface area (Å²) < 4.78 is 76.2. The van der Waals surface area contributed by atoms with Crippen molar-refractivity contribution >= 4 is 17.5 Å². The predicted molar refractivity (Wildman–Crippen MR) is 137 cm³/mol. The average Bonchev–Trinajstić information content (AvgIpc) is 3.40. The molecule has 1 N–H and O–H groups in total. The fourth-order valence-electron chi connectivity index (χ4n) is 4.36. The van der Waals surface area contributed by atoms with Crippen LogP contribution in [0.3, 0.4) is 0 Å². The van der Waals surface area contributed by atoms with E-state index in [2.05, 4.69) is 20.2 Å². The second-order valence-corrected chi connectivity index (χ2v) is 8.93. The number of alkyl halides is 3. The van der Waals surface area contributed by atoms with Gasteiger partial charge in [0.15, 0.2) is 23.2 Å². The summed E-state index contributed by atoms with van der Waals surface area (Å²) in [6, 6.07) is 10.4. The van der Waals surface area contributed by atoms with Crippen molar-refractivity contribution in [2.45, 2.75) is 38.9 Å². The molecule has 0 unspecified atom stereocenters. The van der Waals surface area contributed by atoms with Gasteiger partial charge >= 0.3 is 6.18 Å². The maximum Gasteiger partial charge on any atom is 0.421 e. The quantitative estimate of drug-likeness (QED) is 0.215. The zero-order chi connectivity index (χ0) is 28.0. The van der Waals surface area contributed by atoms with E-state index >= 15 is 0 Å². The Labute approximate surface area is 223 Å². The summed E-state index contributed by atoms with van der Waals surface area (Å²) >= 11 is 0. The van der Waals surface area contributed by atoms with Crippen molar-refractivity contribution < 1.29 is 31.5 Å². The second kappa shape index (κ2) is 12.6. The molecule has 2 aromatic carbocycles. The van der Waals surface area contributed by atoms with Gasteiger partial charge in [0.1, 0.15) is 5.56 Å². The lowest BCUT2D eigenvalue weighted by atomic mass is 10.0. The average molecular weight is 552 g/mol. The molecule has 39 heavy (non-hydrogen) atoms. The third kappa shape index (κ3) is 6.93. The maximum atomic E-state index is 14.7. The van der Waals surface area contributed by atoms with Crippen molar-refractivity contribution in [3.8, 4) is 5.75 Å². The van der Waals surface area contributed by atoms with E-state index in [9.17, 15) is 22.0 Å². The second-order valence-electron chi connectivity index (χ2n) is 8.93. The van der Waals surface area contributed by atoms with Gasteiger partial charge in [0.2, 0.25) is 5.95 Å². The molecule has 1 aliphatic rings. The number of hydrogen-bond acceptors (Lipinski definition) is 7. The van der Waals surface area contributed by atoms with E-state index in [0.29, 0.717) is 19.0 Å². The van der Waals surface area contributed by atoms with Crippen molar-refractivity contribution in [3.05, 3.63) is 71.4 Å². The van der Waals surface area contributed by atoms with E-state index in [1.807, 2.05) is 13.8 Å². The Morgan fingerprint density at radius 2 is 1.79 bits per heavy atom. The molecule has 12 heteroatoms. The fraction of sp³-hybridized carbons (Fsp3) is 0.407. The summed E-state index contributed by atoms with van der Waals surface area (Å²) in [4.78, 5) is 15.5. The first kappa shape index (κ1) is 28.5. The molecular weight excluding hydrogens is 521 g/mol. The minimum absolute atomic E-state index is 0.0897. The van der Waals surface area contributed by atoms with Gasteiger partial charge < -0.3 is 15.0 Å². The number of hydroxylamine groups is 1. The first-order valence-corrected chi connectivity index (χ1v) is 12.7. The SMILES string of the molecule is CCN(CC)CCCOc1c(F)cc(Nc2ncc(C(F)(F)F)c(N3OCC[C@H]3c3ccccc3)n2)cc1F. The van der Waals surface area contributed by atoms with Crippen LogP contribution in [0.5, 0.6) is 5.75 Å². The largest absolute Gasteiger partial charge is 0.488 e. The summed E-state index contributed by atoms with van der Waals surface area (Å²) in [5.41, 5.74) is -0.428. The summed E-state index contributed by atoms with van der Waals surface area (Å²) in [6.45, 7) is 6.83. The Morgan fingerprint density at radius 3 is 2.44 bits per heavy atom. The molecule has 4 rings (SSSR count). The van der Waals surface area contributed by atoms with Gasteiger partial charge in [-0.05, 0) is 25.1 Å². The maximum absolute atomic E-state index is 14.7. The monoisotopic (exact) mass is 551 g/mol. The van der Waals surface area contributed by atoms with Crippen molar-refractivity contribution in [1.82, 2.24) is 14.9 Å². The number of benzene rings is 2. The Morgan fingerprint density at radius 1 is 1.10 bits per heavy atom. The van der Waals surface area contributed by atoms with Gasteiger partial charge in [-0.1, -0.05) is 44.2 Å². The van der Waals surface area contributed by atoms with Crippen LogP contribution in [-0.2, 0) is 11.0 Å². The summed E-state index contributed by atoms with van der Waals surface area (Å²) in [5, 5.41) is 3.71. The van der Waals surface area contributed by atoms with Gasteiger partial charge in [0.25, 0.3) is 0 Å². The standard InChI is InChI=1S/C27H30F5N5O2/c1-3-36(4-2)12-8-13-38-24-21(28)15-19(16-22(24)29)34-26-33-17-20(27(30,31)32)25(35-26)37-23(11-14-39-37)18-9-6-5-7-10-18/h5-7,9-10,15-17,23H,3-4,8,11-14H2,1-2H3,(H,33,34,35)/t23-/m0/s1. The van der Waals surface area contributed by atoms with Gasteiger partial charge in [-0.2, -0.15) is 18.2 Å². The van der Waals surface area contributed by atoms with E-state index in [-0.39, 0.29) is 24.8 Å². The third-order valence-electron chi connectivity index (χ3n) is 6.39. The van der Waals surface area contributed by atoms with E-state index in [4.69, 9.17) is 9.57 Å². The smallest absolute Gasteiger partial charge is 0.421 e. The van der Waals surface area contributed by atoms with Gasteiger partial charge in [-0.3, -0.25) is 4.84 Å². The third-order valence-corrected chi connectivity index (χ3v) is 6.39. The van der Waals surface area contributed by atoms with Gasteiger partial charge in [0.05, 0.1) is 19.3 Å². The lowest BCUT2D eigenvalue weighted by Crippen LogP contribution is -2.26. The number of rotatable bonds is 11. The van der Waals surface area contributed by atoms with E-state index in [1.165, 1.54) is 0 Å². The first-order valence-electron chi connectivity index (χ1n) is 12.7. The molecule has 1 aromatic heterocycles. The Bertz CT molecular complexity index is 1220. The van der Waals surface area contributed by atoms with Crippen LogP contribution in [0.2, 0.25) is 0 Å². The lowest BCUT2D eigenvalue weighted by Gasteiger charge is -2.26. The Hall–Kier alpha value is -3.51. The molecule has 0 saturated carbocycles. The number of anilines is 3. The molecule has 3 aromatic rings. The van der Waals surface area contributed by atoms with Gasteiger partial charge in [0, 0.05) is 37.0 Å². The van der Waals surface area contributed by atoms with Crippen LogP contribution in [0.15, 0.2) is 48.7 Å². The zero-order valence-electron chi connectivity index (χ0n) is 21.6. The highest BCUT2D eigenvalue weighted by atomic mass is 19.4. The minimum Gasteiger partial charge on any atom is -0.488 e. The number of hydrogen-bond donors (Lipinski definition) is 1. The fourth-order valence-corrected chi connectivity index (χ4v) is 4.36. The molecule has 1 aliphatic heterocycles. The number of nitrogens with zero attached hydrogens (tertiary/aromatic N) is 4. The predicted octanol–water partition coefficient (Wildman–Crippen LogP) is 6.51. The number of halogens is 5. The van der Waals surface area contributed by atoms with Crippen molar-refractivity contribution in [3.63, 3.8) is 0 Å². The Kier molecular flexibility index (Phi) is 9.18. The summed E-state index contributed by atoms with van der Waals surface area (Å²) in [6.07, 6.45) is -3.11. The molecule has 210 valence electrons. The van der Waals surface area contributed by atoms with Crippen LogP contribution >= 0.6 is 0 Å². The van der Waals surface area contributed by atoms with E-state index in [0.717, 1.165) is 42.4 Å². The molecule has 0 bridgehead atoms. The highest BCUT2D eigenvalue weighted by Crippen LogP contribution is 2.41. The van der Waals surface area contributed by atoms with E-state index in [1.54, 1.807) is 30.3 Å². The van der Waals surface area contributed by atoms with Crippen LogP contribution in [0.1, 0.15) is 43.9 Å². The molecule has 0 amide bonds. The molecule has 7 nitrogen and oxygen atoms in total. The highest BCUT2D eigenvalue weighted by Gasteiger charge is 2.40. The minimum atomic E-state index is -4.76. The number of nitrogens with one attached hydrogen (secondary N) is 1. The van der Waals surface area contributed by atoms with Crippen LogP contribution in [0.4, 0.5) is 39.4 Å². The molecule has 1 saturated heterocycles. The summed E-state index contributed by atoms with van der Waals surface area (Å²) in [5.74, 6) is -3.23. The van der Waals surface area contributed by atoms with Crippen LogP contribution in [0.25, 0.3) is 0 Å². The molecule has 1 fully saturated rings. The van der Waals surface area contributed by atoms with E-state index < -0.39 is 41.0 Å². The molecule has 1 atom stereocenters. The summed E-state index contributed by atoms with van der Waals surface area (Å²) in [7, 11) is 0. The zero-order valence-corrected chi connectivity index (χ0v) is 21.6. The Balaban J connectivity index is 1.54. The molecule has 2 heterocycles. The van der Waals surface area contributed by atoms with Gasteiger partial charge in [-0.15, -0.1) is 0 Å². The van der Waals surface area contributed by atoms with Crippen LogP contribution in [-0.4, -0.2) is 47.7 Å². The lowest BCUT2D eigenvalue weighted by molar-refractivity contribution is -0.138. The molecule has 0 radical (unpaired) electrons. The topological polar surface area (TPSA) is 62.8 Å². The normalized spacial score (nSPS) is 15.7. The molecule has 0 spiro atoms. The van der Waals surface area contributed by atoms with Crippen LogP contribution < -0.4 is 15.1 Å². The molecular formula is C27H30F5N5O2. The van der Waals surface area contributed by atoms with Crippen molar-refractivity contribution in [2.24, 2.45) is 0 Å². The number of aromatic nitrogens is 2.